The molecule has 1 N–H and O–H groups in total. The van der Waals surface area contributed by atoms with Crippen LogP contribution in [0.2, 0.25) is 0 Å². The maximum atomic E-state index is 13.0. The highest BCUT2D eigenvalue weighted by Crippen LogP contribution is 2.24. The lowest BCUT2D eigenvalue weighted by Crippen LogP contribution is -2.20. The first-order chi connectivity index (χ1) is 12.2. The van der Waals surface area contributed by atoms with Crippen LogP contribution in [-0.2, 0) is 13.2 Å². The Bertz CT molecular complexity index is 903. The number of halogens is 1. The van der Waals surface area contributed by atoms with Crippen LogP contribution < -0.4 is 10.3 Å². The van der Waals surface area contributed by atoms with Crippen LogP contribution in [0.5, 0.6) is 5.75 Å². The van der Waals surface area contributed by atoms with E-state index in [9.17, 15) is 9.18 Å². The lowest BCUT2D eigenvalue weighted by molar-refractivity contribution is 0.274. The molecule has 1 aromatic heterocycles. The Balaban J connectivity index is 1.84. The average Bonchev–Trinajstić information content (AvgIpc) is 2.63. The normalized spacial score (nSPS) is 10.6. The number of pyridine rings is 1. The molecule has 128 valence electrons. The molecule has 0 unspecified atom stereocenters. The number of aliphatic hydroxyl groups is 1. The van der Waals surface area contributed by atoms with E-state index in [-0.39, 0.29) is 24.5 Å². The second kappa shape index (κ2) is 7.77. The highest BCUT2D eigenvalue weighted by atomic mass is 19.1. The van der Waals surface area contributed by atoms with Crippen molar-refractivity contribution in [1.82, 2.24) is 4.57 Å². The molecule has 2 aromatic carbocycles. The van der Waals surface area contributed by atoms with Crippen LogP contribution in [0.15, 0.2) is 71.7 Å². The average molecular weight is 339 g/mol. The Labute approximate surface area is 144 Å². The maximum Gasteiger partial charge on any atom is 0.251 e. The van der Waals surface area contributed by atoms with Crippen LogP contribution in [0, 0.1) is 5.82 Å². The van der Waals surface area contributed by atoms with E-state index >= 15 is 0 Å². The summed E-state index contributed by atoms with van der Waals surface area (Å²) in [4.78, 5) is 12.1. The Kier molecular flexibility index (Phi) is 5.26. The Morgan fingerprint density at radius 1 is 1.04 bits per heavy atom. The molecule has 0 aliphatic carbocycles. The van der Waals surface area contributed by atoms with Crippen LogP contribution in [0.3, 0.4) is 0 Å². The molecule has 3 rings (SSSR count). The zero-order valence-corrected chi connectivity index (χ0v) is 13.6. The third-order valence-electron chi connectivity index (χ3n) is 3.87. The molecule has 3 aromatic rings. The number of aliphatic hydroxyl groups excluding tert-OH is 1. The summed E-state index contributed by atoms with van der Waals surface area (Å²) in [5, 5.41) is 8.97. The van der Waals surface area contributed by atoms with Gasteiger partial charge in [-0.1, -0.05) is 24.3 Å². The van der Waals surface area contributed by atoms with Crippen LogP contribution in [0.1, 0.15) is 5.56 Å². The second-order valence-corrected chi connectivity index (χ2v) is 5.57. The van der Waals surface area contributed by atoms with E-state index in [1.54, 1.807) is 24.4 Å². The summed E-state index contributed by atoms with van der Waals surface area (Å²) in [5.74, 6) is 0.269. The monoisotopic (exact) mass is 339 g/mol. The Morgan fingerprint density at radius 2 is 1.80 bits per heavy atom. The molecule has 0 radical (unpaired) electrons. The summed E-state index contributed by atoms with van der Waals surface area (Å²) in [6.45, 7) is 0.497. The van der Waals surface area contributed by atoms with Gasteiger partial charge in [0.2, 0.25) is 0 Å². The predicted molar refractivity (Wildman–Crippen MR) is 94.0 cm³/mol. The molecule has 0 bridgehead atoms. The summed E-state index contributed by atoms with van der Waals surface area (Å²) in [6, 6.07) is 16.9. The SMILES string of the molecule is O=c1cc(-c2ccccc2COc2ccc(F)cc2)ccn1CCO. The second-order valence-electron chi connectivity index (χ2n) is 5.57. The van der Waals surface area contributed by atoms with Crippen LogP contribution in [0.25, 0.3) is 11.1 Å². The van der Waals surface area contributed by atoms with Crippen molar-refractivity contribution in [2.75, 3.05) is 6.61 Å². The van der Waals surface area contributed by atoms with E-state index in [0.717, 1.165) is 16.7 Å². The summed E-state index contributed by atoms with van der Waals surface area (Å²) >= 11 is 0. The molecule has 1 heterocycles. The largest absolute Gasteiger partial charge is 0.489 e. The maximum absolute atomic E-state index is 13.0. The molecule has 0 fully saturated rings. The van der Waals surface area contributed by atoms with E-state index in [0.29, 0.717) is 12.4 Å². The minimum absolute atomic E-state index is 0.0820. The molecule has 0 saturated carbocycles. The van der Waals surface area contributed by atoms with Gasteiger partial charge in [-0.25, -0.2) is 4.39 Å². The fourth-order valence-corrected chi connectivity index (χ4v) is 2.59. The van der Waals surface area contributed by atoms with Crippen molar-refractivity contribution in [3.8, 4) is 16.9 Å². The zero-order chi connectivity index (χ0) is 17.6. The molecular weight excluding hydrogens is 321 g/mol. The minimum atomic E-state index is -0.309. The van der Waals surface area contributed by atoms with Gasteiger partial charge < -0.3 is 14.4 Å². The van der Waals surface area contributed by atoms with Gasteiger partial charge in [0.25, 0.3) is 5.56 Å². The van der Waals surface area contributed by atoms with E-state index in [2.05, 4.69) is 0 Å². The molecule has 4 nitrogen and oxygen atoms in total. The Hall–Kier alpha value is -2.92. The van der Waals surface area contributed by atoms with Gasteiger partial charge >= 0.3 is 0 Å². The molecular formula is C20H18FNO3. The zero-order valence-electron chi connectivity index (χ0n) is 13.6. The van der Waals surface area contributed by atoms with Gasteiger partial charge in [-0.15, -0.1) is 0 Å². The number of nitrogens with zero attached hydrogens (tertiary/aromatic N) is 1. The molecule has 0 saturated heterocycles. The molecule has 25 heavy (non-hydrogen) atoms. The van der Waals surface area contributed by atoms with Crippen molar-refractivity contribution in [2.24, 2.45) is 0 Å². The topological polar surface area (TPSA) is 51.5 Å². The van der Waals surface area contributed by atoms with Gasteiger partial charge in [-0.3, -0.25) is 4.79 Å². The smallest absolute Gasteiger partial charge is 0.251 e. The third kappa shape index (κ3) is 4.14. The van der Waals surface area contributed by atoms with Gasteiger partial charge in [0.05, 0.1) is 6.61 Å². The summed E-state index contributed by atoms with van der Waals surface area (Å²) in [6.07, 6.45) is 1.67. The summed E-state index contributed by atoms with van der Waals surface area (Å²) in [5.41, 5.74) is 2.45. The fraction of sp³-hybridized carbons (Fsp3) is 0.150. The standard InChI is InChI=1S/C20H18FNO3/c21-17-5-7-18(8-6-17)25-14-16-3-1-2-4-19(16)15-9-10-22(11-12-23)20(24)13-15/h1-10,13,23H,11-12,14H2. The van der Waals surface area contributed by atoms with Crippen LogP contribution in [-0.4, -0.2) is 16.3 Å². The van der Waals surface area contributed by atoms with Crippen molar-refractivity contribution in [2.45, 2.75) is 13.2 Å². The molecule has 0 aliphatic heterocycles. The van der Waals surface area contributed by atoms with Crippen molar-refractivity contribution in [3.05, 3.63) is 88.6 Å². The van der Waals surface area contributed by atoms with Crippen LogP contribution >= 0.6 is 0 Å². The lowest BCUT2D eigenvalue weighted by atomic mass is 10.0. The van der Waals surface area contributed by atoms with E-state index in [1.807, 2.05) is 30.3 Å². The number of ether oxygens (including phenoxy) is 1. The van der Waals surface area contributed by atoms with Crippen molar-refractivity contribution in [3.63, 3.8) is 0 Å². The van der Waals surface area contributed by atoms with Crippen molar-refractivity contribution >= 4 is 0 Å². The third-order valence-corrected chi connectivity index (χ3v) is 3.87. The molecule has 0 aliphatic rings. The van der Waals surface area contributed by atoms with Gasteiger partial charge in [0.1, 0.15) is 18.2 Å². The summed E-state index contributed by atoms with van der Waals surface area (Å²) < 4.78 is 20.1. The van der Waals surface area contributed by atoms with Gasteiger partial charge in [-0.05, 0) is 47.0 Å². The van der Waals surface area contributed by atoms with Crippen LogP contribution in [0.4, 0.5) is 4.39 Å². The van der Waals surface area contributed by atoms with Gasteiger partial charge in [0.15, 0.2) is 0 Å². The fourth-order valence-electron chi connectivity index (χ4n) is 2.59. The first kappa shape index (κ1) is 16.9. The highest BCUT2D eigenvalue weighted by Gasteiger charge is 2.07. The summed E-state index contributed by atoms with van der Waals surface area (Å²) in [7, 11) is 0. The number of rotatable bonds is 6. The first-order valence-corrected chi connectivity index (χ1v) is 7.95. The predicted octanol–water partition coefficient (Wildman–Crippen LogP) is 3.23. The lowest BCUT2D eigenvalue weighted by Gasteiger charge is -2.12. The van der Waals surface area contributed by atoms with Gasteiger partial charge in [0, 0.05) is 18.8 Å². The van der Waals surface area contributed by atoms with Gasteiger partial charge in [-0.2, -0.15) is 0 Å². The molecule has 0 atom stereocenters. The van der Waals surface area contributed by atoms with E-state index in [1.165, 1.54) is 16.7 Å². The number of aromatic nitrogens is 1. The Morgan fingerprint density at radius 3 is 2.52 bits per heavy atom. The first-order valence-electron chi connectivity index (χ1n) is 7.95. The quantitative estimate of drug-likeness (QED) is 0.750. The van der Waals surface area contributed by atoms with E-state index < -0.39 is 0 Å². The van der Waals surface area contributed by atoms with E-state index in [4.69, 9.17) is 9.84 Å². The van der Waals surface area contributed by atoms with Crippen molar-refractivity contribution in [1.29, 1.82) is 0 Å². The molecule has 5 heteroatoms. The number of hydrogen-bond donors (Lipinski definition) is 1. The molecule has 0 spiro atoms. The number of benzene rings is 2. The number of hydrogen-bond acceptors (Lipinski definition) is 3. The van der Waals surface area contributed by atoms with Crippen molar-refractivity contribution < 1.29 is 14.2 Å². The highest BCUT2D eigenvalue weighted by molar-refractivity contribution is 5.66. The minimum Gasteiger partial charge on any atom is -0.489 e. The molecule has 0 amide bonds.